The predicted octanol–water partition coefficient (Wildman–Crippen LogP) is 2.02. The molecule has 0 amide bonds. The number of rotatable bonds is 2. The second kappa shape index (κ2) is 3.70. The molecule has 0 fully saturated rings. The van der Waals surface area contributed by atoms with Crippen molar-refractivity contribution in [1.82, 2.24) is 0 Å². The molecule has 1 N–H and O–H groups in total. The molecule has 90 valence electrons. The summed E-state index contributed by atoms with van der Waals surface area (Å²) in [6.07, 6.45) is 0. The van der Waals surface area contributed by atoms with Gasteiger partial charge in [0.2, 0.25) is 9.84 Å². The van der Waals surface area contributed by atoms with Crippen LogP contribution in [-0.4, -0.2) is 19.5 Å². The van der Waals surface area contributed by atoms with E-state index in [1.807, 2.05) is 0 Å². The van der Waals surface area contributed by atoms with Crippen LogP contribution in [0.15, 0.2) is 28.5 Å². The first-order valence-electron chi connectivity index (χ1n) is 5.13. The van der Waals surface area contributed by atoms with Gasteiger partial charge in [-0.05, 0) is 42.7 Å². The van der Waals surface area contributed by atoms with Gasteiger partial charge in [-0.25, -0.2) is 8.42 Å². The minimum atomic E-state index is -3.33. The zero-order valence-corrected chi connectivity index (χ0v) is 10.3. The summed E-state index contributed by atoms with van der Waals surface area (Å²) in [5.41, 5.74) is 1.87. The van der Waals surface area contributed by atoms with Crippen LogP contribution in [0.2, 0.25) is 0 Å². The van der Waals surface area contributed by atoms with Gasteiger partial charge < -0.3 is 5.11 Å². The van der Waals surface area contributed by atoms with E-state index >= 15 is 0 Å². The van der Waals surface area contributed by atoms with Crippen molar-refractivity contribution in [3.63, 3.8) is 0 Å². The molecular weight excluding hydrogens is 240 g/mol. The maximum Gasteiger partial charge on any atom is 0.310 e. The fourth-order valence-electron chi connectivity index (χ4n) is 1.88. The molecule has 0 saturated carbocycles. The maximum atomic E-state index is 11.7. The summed E-state index contributed by atoms with van der Waals surface area (Å²) in [6, 6.07) is 4.68. The minimum Gasteiger partial charge on any atom is -0.481 e. The molecular formula is C12H12O4S. The second-order valence-electron chi connectivity index (χ2n) is 4.16. The standard InChI is InChI=1S/C12H12O4S/c1-7-6-17(15,16)11-4-3-9(5-10(7)11)8(2)12(13)14/h3-6,8H,1-2H3,(H,13,14). The van der Waals surface area contributed by atoms with Crippen molar-refractivity contribution in [3.8, 4) is 0 Å². The highest BCUT2D eigenvalue weighted by Gasteiger charge is 2.26. The van der Waals surface area contributed by atoms with E-state index in [1.165, 1.54) is 11.5 Å². The quantitative estimate of drug-likeness (QED) is 0.874. The van der Waals surface area contributed by atoms with E-state index < -0.39 is 21.7 Å². The summed E-state index contributed by atoms with van der Waals surface area (Å²) in [6.45, 7) is 3.28. The highest BCUT2D eigenvalue weighted by Crippen LogP contribution is 2.34. The Labute approximate surface area is 99.5 Å². The number of fused-ring (bicyclic) bond motifs is 1. The number of carboxylic acids is 1. The molecule has 0 saturated heterocycles. The molecule has 0 bridgehead atoms. The van der Waals surface area contributed by atoms with Crippen molar-refractivity contribution in [2.75, 3.05) is 0 Å². The molecule has 1 aromatic rings. The van der Waals surface area contributed by atoms with Crippen LogP contribution in [0.1, 0.15) is 30.9 Å². The number of sulfone groups is 1. The molecule has 17 heavy (non-hydrogen) atoms. The van der Waals surface area contributed by atoms with Gasteiger partial charge in [-0.3, -0.25) is 4.79 Å². The van der Waals surface area contributed by atoms with Crippen LogP contribution >= 0.6 is 0 Å². The first-order valence-corrected chi connectivity index (χ1v) is 6.68. The lowest BCUT2D eigenvalue weighted by Crippen LogP contribution is -2.08. The highest BCUT2D eigenvalue weighted by molar-refractivity contribution is 7.95. The molecule has 1 unspecified atom stereocenters. The Bertz CT molecular complexity index is 626. The zero-order valence-electron chi connectivity index (χ0n) is 9.47. The number of allylic oxidation sites excluding steroid dienone is 1. The fraction of sp³-hybridized carbons (Fsp3) is 0.250. The van der Waals surface area contributed by atoms with Gasteiger partial charge in [-0.15, -0.1) is 0 Å². The molecule has 0 radical (unpaired) electrons. The van der Waals surface area contributed by atoms with Gasteiger partial charge in [0, 0.05) is 5.41 Å². The van der Waals surface area contributed by atoms with Crippen LogP contribution in [0.5, 0.6) is 0 Å². The van der Waals surface area contributed by atoms with Crippen molar-refractivity contribution < 1.29 is 18.3 Å². The molecule has 1 atom stereocenters. The molecule has 1 aliphatic rings. The van der Waals surface area contributed by atoms with Crippen LogP contribution in [0.3, 0.4) is 0 Å². The first-order chi connectivity index (χ1) is 7.83. The lowest BCUT2D eigenvalue weighted by atomic mass is 9.97. The monoisotopic (exact) mass is 252 g/mol. The Morgan fingerprint density at radius 3 is 2.59 bits per heavy atom. The van der Waals surface area contributed by atoms with Gasteiger partial charge >= 0.3 is 5.97 Å². The molecule has 1 aromatic carbocycles. The maximum absolute atomic E-state index is 11.7. The normalized spacial score (nSPS) is 18.4. The summed E-state index contributed by atoms with van der Waals surface area (Å²) < 4.78 is 23.4. The Balaban J connectivity index is 2.58. The fourth-order valence-corrected chi connectivity index (χ4v) is 3.38. The van der Waals surface area contributed by atoms with E-state index in [9.17, 15) is 13.2 Å². The molecule has 0 spiro atoms. The first kappa shape index (κ1) is 11.9. The SMILES string of the molecule is CC1=CS(=O)(=O)c2ccc(C(C)C(=O)O)cc21. The molecule has 1 heterocycles. The smallest absolute Gasteiger partial charge is 0.310 e. The summed E-state index contributed by atoms with van der Waals surface area (Å²) in [5.74, 6) is -1.57. The molecule has 5 heteroatoms. The van der Waals surface area contributed by atoms with Gasteiger partial charge in [0.05, 0.1) is 10.8 Å². The Morgan fingerprint density at radius 2 is 2.00 bits per heavy atom. The molecule has 1 aliphatic heterocycles. The highest BCUT2D eigenvalue weighted by atomic mass is 32.2. The van der Waals surface area contributed by atoms with Crippen molar-refractivity contribution >= 4 is 21.4 Å². The van der Waals surface area contributed by atoms with Crippen LogP contribution in [-0.2, 0) is 14.6 Å². The average molecular weight is 252 g/mol. The Hall–Kier alpha value is -1.62. The van der Waals surface area contributed by atoms with Crippen LogP contribution in [0.4, 0.5) is 0 Å². The third-order valence-corrected chi connectivity index (χ3v) is 4.57. The Morgan fingerprint density at radius 1 is 1.35 bits per heavy atom. The summed E-state index contributed by atoms with van der Waals surface area (Å²) in [4.78, 5) is 11.1. The van der Waals surface area contributed by atoms with E-state index in [0.717, 1.165) is 0 Å². The van der Waals surface area contributed by atoms with Gasteiger partial charge in [-0.1, -0.05) is 6.07 Å². The molecule has 2 rings (SSSR count). The van der Waals surface area contributed by atoms with Gasteiger partial charge in [0.25, 0.3) is 0 Å². The number of hydrogen-bond acceptors (Lipinski definition) is 3. The zero-order chi connectivity index (χ0) is 12.8. The lowest BCUT2D eigenvalue weighted by Gasteiger charge is -2.09. The Kier molecular flexibility index (Phi) is 2.58. The van der Waals surface area contributed by atoms with Crippen molar-refractivity contribution in [3.05, 3.63) is 34.7 Å². The molecule has 4 nitrogen and oxygen atoms in total. The van der Waals surface area contributed by atoms with Crippen LogP contribution in [0.25, 0.3) is 5.57 Å². The number of carbonyl (C=O) groups is 1. The van der Waals surface area contributed by atoms with Crippen LogP contribution in [0, 0.1) is 0 Å². The summed E-state index contributed by atoms with van der Waals surface area (Å²) >= 11 is 0. The van der Waals surface area contributed by atoms with E-state index in [2.05, 4.69) is 0 Å². The predicted molar refractivity (Wildman–Crippen MR) is 63.3 cm³/mol. The summed E-state index contributed by atoms with van der Waals surface area (Å²) in [7, 11) is -3.33. The van der Waals surface area contributed by atoms with E-state index in [4.69, 9.17) is 5.11 Å². The number of benzene rings is 1. The number of carboxylic acid groups (broad SMARTS) is 1. The molecule has 0 aliphatic carbocycles. The van der Waals surface area contributed by atoms with E-state index in [-0.39, 0.29) is 4.90 Å². The largest absolute Gasteiger partial charge is 0.481 e. The lowest BCUT2D eigenvalue weighted by molar-refractivity contribution is -0.138. The van der Waals surface area contributed by atoms with Crippen LogP contribution < -0.4 is 0 Å². The van der Waals surface area contributed by atoms with Crippen molar-refractivity contribution in [2.24, 2.45) is 0 Å². The number of hydrogen-bond donors (Lipinski definition) is 1. The average Bonchev–Trinajstić information content (AvgIpc) is 2.48. The van der Waals surface area contributed by atoms with Gasteiger partial charge in [-0.2, -0.15) is 0 Å². The van der Waals surface area contributed by atoms with Crippen molar-refractivity contribution in [2.45, 2.75) is 24.7 Å². The van der Waals surface area contributed by atoms with E-state index in [0.29, 0.717) is 16.7 Å². The van der Waals surface area contributed by atoms with Gasteiger partial charge in [0.15, 0.2) is 0 Å². The number of aliphatic carboxylic acids is 1. The summed E-state index contributed by atoms with van der Waals surface area (Å²) in [5, 5.41) is 10.1. The topological polar surface area (TPSA) is 71.4 Å². The third-order valence-electron chi connectivity index (χ3n) is 2.94. The third kappa shape index (κ3) is 1.86. The minimum absolute atomic E-state index is 0.260. The van der Waals surface area contributed by atoms with Gasteiger partial charge in [0.1, 0.15) is 0 Å². The second-order valence-corrected chi connectivity index (χ2v) is 5.93. The molecule has 0 aromatic heterocycles. The van der Waals surface area contributed by atoms with E-state index in [1.54, 1.807) is 26.0 Å². The van der Waals surface area contributed by atoms with Crippen molar-refractivity contribution in [1.29, 1.82) is 0 Å².